The van der Waals surface area contributed by atoms with Gasteiger partial charge in [0.25, 0.3) is 5.91 Å². The third-order valence-corrected chi connectivity index (χ3v) is 5.45. The molecule has 0 atom stereocenters. The highest BCUT2D eigenvalue weighted by Crippen LogP contribution is 2.20. The largest absolute Gasteiger partial charge is 0.468 e. The predicted molar refractivity (Wildman–Crippen MR) is 113 cm³/mol. The average Bonchev–Trinajstić information content (AvgIpc) is 3.05. The minimum Gasteiger partial charge on any atom is -0.468 e. The van der Waals surface area contributed by atoms with E-state index < -0.39 is 11.9 Å². The molecule has 0 aliphatic carbocycles. The Morgan fingerprint density at radius 2 is 1.83 bits per heavy atom. The highest BCUT2D eigenvalue weighted by atomic mass is 32.1. The molecule has 0 saturated carbocycles. The fourth-order valence-corrected chi connectivity index (χ4v) is 3.96. The van der Waals surface area contributed by atoms with E-state index >= 15 is 0 Å². The second kappa shape index (κ2) is 9.49. The van der Waals surface area contributed by atoms with Gasteiger partial charge in [-0.15, -0.1) is 0 Å². The lowest BCUT2D eigenvalue weighted by molar-refractivity contribution is -0.141. The standard InChI is InChI=1S/C22H22N2O5S/c1-4-29-21(27)16-9-10-17-18(12-16)30-22(24(17)13-20(26)28-3)23-19(25)11-15-7-5-14(2)6-8-15/h5-10,12H,4,11,13H2,1-3H3. The molecule has 7 nitrogen and oxygen atoms in total. The van der Waals surface area contributed by atoms with E-state index in [0.29, 0.717) is 20.6 Å². The number of aromatic nitrogens is 1. The second-order valence-corrected chi connectivity index (χ2v) is 7.63. The van der Waals surface area contributed by atoms with Crippen LogP contribution in [0.1, 0.15) is 28.4 Å². The van der Waals surface area contributed by atoms with E-state index in [9.17, 15) is 14.4 Å². The number of amides is 1. The zero-order chi connectivity index (χ0) is 21.7. The van der Waals surface area contributed by atoms with Crippen molar-refractivity contribution in [1.29, 1.82) is 0 Å². The second-order valence-electron chi connectivity index (χ2n) is 6.62. The molecule has 1 heterocycles. The summed E-state index contributed by atoms with van der Waals surface area (Å²) >= 11 is 1.23. The average molecular weight is 426 g/mol. The summed E-state index contributed by atoms with van der Waals surface area (Å²) in [6.07, 6.45) is 0.154. The van der Waals surface area contributed by atoms with Crippen LogP contribution in [0.15, 0.2) is 47.5 Å². The third-order valence-electron chi connectivity index (χ3n) is 4.41. The van der Waals surface area contributed by atoms with Crippen LogP contribution < -0.4 is 4.80 Å². The van der Waals surface area contributed by atoms with Crippen LogP contribution in [0.25, 0.3) is 10.2 Å². The summed E-state index contributed by atoms with van der Waals surface area (Å²) in [6.45, 7) is 3.90. The minimum atomic E-state index is -0.461. The van der Waals surface area contributed by atoms with Gasteiger partial charge in [-0.25, -0.2) is 4.79 Å². The number of benzene rings is 2. The number of hydrogen-bond donors (Lipinski definition) is 0. The van der Waals surface area contributed by atoms with Gasteiger partial charge in [0.1, 0.15) is 6.54 Å². The van der Waals surface area contributed by atoms with Gasteiger partial charge >= 0.3 is 11.9 Å². The Balaban J connectivity index is 2.01. The lowest BCUT2D eigenvalue weighted by atomic mass is 10.1. The first kappa shape index (κ1) is 21.4. The van der Waals surface area contributed by atoms with Gasteiger partial charge < -0.3 is 14.0 Å². The number of methoxy groups -OCH3 is 1. The molecule has 0 spiro atoms. The van der Waals surface area contributed by atoms with Gasteiger partial charge in [0.05, 0.1) is 35.9 Å². The quantitative estimate of drug-likeness (QED) is 0.566. The molecule has 1 amide bonds. The predicted octanol–water partition coefficient (Wildman–Crippen LogP) is 3.03. The minimum absolute atomic E-state index is 0.0914. The van der Waals surface area contributed by atoms with E-state index in [-0.39, 0.29) is 25.5 Å². The Morgan fingerprint density at radius 3 is 2.50 bits per heavy atom. The number of carbonyl (C=O) groups excluding carboxylic acids is 3. The topological polar surface area (TPSA) is 87.0 Å². The molecule has 0 aliphatic heterocycles. The van der Waals surface area contributed by atoms with Gasteiger partial charge in [-0.05, 0) is 37.6 Å². The molecule has 8 heteroatoms. The fourth-order valence-electron chi connectivity index (χ4n) is 2.87. The van der Waals surface area contributed by atoms with E-state index in [1.807, 2.05) is 31.2 Å². The Kier molecular flexibility index (Phi) is 6.79. The zero-order valence-electron chi connectivity index (χ0n) is 17.0. The number of rotatable bonds is 6. The molecule has 156 valence electrons. The van der Waals surface area contributed by atoms with Crippen molar-refractivity contribution in [2.24, 2.45) is 4.99 Å². The molecular weight excluding hydrogens is 404 g/mol. The van der Waals surface area contributed by atoms with Crippen molar-refractivity contribution in [2.45, 2.75) is 26.8 Å². The maximum atomic E-state index is 12.5. The van der Waals surface area contributed by atoms with Crippen LogP contribution >= 0.6 is 11.3 Å². The first-order valence-corrected chi connectivity index (χ1v) is 10.2. The van der Waals surface area contributed by atoms with Crippen molar-refractivity contribution >= 4 is 39.4 Å². The van der Waals surface area contributed by atoms with Crippen LogP contribution in [0, 0.1) is 6.92 Å². The van der Waals surface area contributed by atoms with E-state index in [1.165, 1.54) is 18.4 Å². The van der Waals surface area contributed by atoms with Gasteiger partial charge in [-0.2, -0.15) is 4.99 Å². The van der Waals surface area contributed by atoms with Crippen LogP contribution in [0.5, 0.6) is 0 Å². The van der Waals surface area contributed by atoms with Gasteiger partial charge in [0, 0.05) is 0 Å². The van der Waals surface area contributed by atoms with E-state index in [0.717, 1.165) is 11.1 Å². The van der Waals surface area contributed by atoms with Crippen LogP contribution in [0.2, 0.25) is 0 Å². The maximum absolute atomic E-state index is 12.5. The van der Waals surface area contributed by atoms with Crippen molar-refractivity contribution in [1.82, 2.24) is 4.57 Å². The molecule has 30 heavy (non-hydrogen) atoms. The van der Waals surface area contributed by atoms with Gasteiger partial charge in [0.2, 0.25) is 0 Å². The first-order chi connectivity index (χ1) is 14.4. The molecule has 3 aromatic rings. The summed E-state index contributed by atoms with van der Waals surface area (Å²) in [4.78, 5) is 41.1. The lowest BCUT2D eigenvalue weighted by Gasteiger charge is -2.05. The number of nitrogens with zero attached hydrogens (tertiary/aromatic N) is 2. The van der Waals surface area contributed by atoms with E-state index in [2.05, 4.69) is 4.99 Å². The Labute approximate surface area is 177 Å². The molecule has 0 saturated heterocycles. The highest BCUT2D eigenvalue weighted by Gasteiger charge is 2.15. The normalized spacial score (nSPS) is 11.5. The van der Waals surface area contributed by atoms with Crippen LogP contribution in [-0.2, 0) is 32.0 Å². The molecule has 0 radical (unpaired) electrons. The fraction of sp³-hybridized carbons (Fsp3) is 0.273. The van der Waals surface area contributed by atoms with Gasteiger partial charge in [-0.1, -0.05) is 41.2 Å². The Hall–Kier alpha value is -3.26. The molecule has 3 rings (SSSR count). The number of thiazole rings is 1. The highest BCUT2D eigenvalue weighted by molar-refractivity contribution is 7.16. The van der Waals surface area contributed by atoms with Crippen LogP contribution in [0.3, 0.4) is 0 Å². The summed E-state index contributed by atoms with van der Waals surface area (Å²) < 4.78 is 12.2. The molecule has 0 bridgehead atoms. The van der Waals surface area contributed by atoms with Crippen molar-refractivity contribution in [3.63, 3.8) is 0 Å². The Bertz CT molecular complexity index is 1160. The zero-order valence-corrected chi connectivity index (χ0v) is 17.8. The maximum Gasteiger partial charge on any atom is 0.338 e. The number of hydrogen-bond acceptors (Lipinski definition) is 6. The molecule has 2 aromatic carbocycles. The van der Waals surface area contributed by atoms with Gasteiger partial charge in [-0.3, -0.25) is 9.59 Å². The molecule has 1 aromatic heterocycles. The van der Waals surface area contributed by atoms with Crippen LogP contribution in [-0.4, -0.2) is 36.1 Å². The smallest absolute Gasteiger partial charge is 0.338 e. The summed E-state index contributed by atoms with van der Waals surface area (Å²) in [6, 6.07) is 12.7. The number of fused-ring (bicyclic) bond motifs is 1. The summed E-state index contributed by atoms with van der Waals surface area (Å²) in [5, 5.41) is 0. The van der Waals surface area contributed by atoms with Crippen LogP contribution in [0.4, 0.5) is 0 Å². The van der Waals surface area contributed by atoms with Crippen molar-refractivity contribution < 1.29 is 23.9 Å². The Morgan fingerprint density at radius 1 is 1.10 bits per heavy atom. The molecule has 0 aliphatic rings. The number of esters is 2. The van der Waals surface area contributed by atoms with Crippen molar-refractivity contribution in [3.05, 3.63) is 64.0 Å². The monoisotopic (exact) mass is 426 g/mol. The molecule has 0 N–H and O–H groups in total. The van der Waals surface area contributed by atoms with E-state index in [4.69, 9.17) is 9.47 Å². The van der Waals surface area contributed by atoms with Gasteiger partial charge in [0.15, 0.2) is 4.80 Å². The SMILES string of the molecule is CCOC(=O)c1ccc2c(c1)sc(=NC(=O)Cc1ccc(C)cc1)n2CC(=O)OC. The third kappa shape index (κ3) is 5.01. The van der Waals surface area contributed by atoms with Crippen molar-refractivity contribution in [3.8, 4) is 0 Å². The molecule has 0 fully saturated rings. The van der Waals surface area contributed by atoms with Crippen molar-refractivity contribution in [2.75, 3.05) is 13.7 Å². The number of aryl methyl sites for hydroxylation is 1. The van der Waals surface area contributed by atoms with E-state index in [1.54, 1.807) is 29.7 Å². The summed E-state index contributed by atoms with van der Waals surface area (Å²) in [5.41, 5.74) is 3.05. The summed E-state index contributed by atoms with van der Waals surface area (Å²) in [5.74, 6) is -1.22. The molecule has 0 unspecified atom stereocenters. The first-order valence-electron chi connectivity index (χ1n) is 9.41. The number of carbonyl (C=O) groups is 3. The lowest BCUT2D eigenvalue weighted by Crippen LogP contribution is -2.22. The number of ether oxygens (including phenoxy) is 2. The molecular formula is C22H22N2O5S. The summed E-state index contributed by atoms with van der Waals surface area (Å²) in [7, 11) is 1.30.